The Morgan fingerprint density at radius 2 is 0.941 bits per heavy atom. The summed E-state index contributed by atoms with van der Waals surface area (Å²) in [5.74, 6) is 0. The molecule has 51 heavy (non-hydrogen) atoms. The molecule has 0 aliphatic carbocycles. The van der Waals surface area contributed by atoms with E-state index in [2.05, 4.69) is 155 Å². The Kier molecular flexibility index (Phi) is 6.09. The van der Waals surface area contributed by atoms with Gasteiger partial charge in [-0.05, 0) is 107 Å². The summed E-state index contributed by atoms with van der Waals surface area (Å²) in [6, 6.07) is 56.8. The Balaban J connectivity index is 1.09. The van der Waals surface area contributed by atoms with Crippen LogP contribution in [0.1, 0.15) is 0 Å². The van der Waals surface area contributed by atoms with Gasteiger partial charge in [-0.2, -0.15) is 0 Å². The molecule has 5 heteroatoms. The first kappa shape index (κ1) is 28.3. The van der Waals surface area contributed by atoms with E-state index in [-0.39, 0.29) is 0 Å². The van der Waals surface area contributed by atoms with E-state index in [0.717, 1.165) is 55.2 Å². The molecule has 0 saturated heterocycles. The summed E-state index contributed by atoms with van der Waals surface area (Å²) >= 11 is 1.85. The van der Waals surface area contributed by atoms with Crippen LogP contribution in [0.15, 0.2) is 170 Å². The maximum Gasteiger partial charge on any atom is 0.0964 e. The lowest BCUT2D eigenvalue weighted by molar-refractivity contribution is 1.16. The molecule has 0 aliphatic heterocycles. The molecule has 0 atom stereocenters. The van der Waals surface area contributed by atoms with Crippen molar-refractivity contribution in [2.24, 2.45) is 0 Å². The van der Waals surface area contributed by atoms with Gasteiger partial charge in [0, 0.05) is 54.7 Å². The molecule has 0 aliphatic rings. The molecule has 11 aromatic rings. The lowest BCUT2D eigenvalue weighted by Crippen LogP contribution is -1.96. The summed E-state index contributed by atoms with van der Waals surface area (Å²) < 4.78 is 7.32. The van der Waals surface area contributed by atoms with Crippen molar-refractivity contribution in [2.75, 3.05) is 0 Å². The fourth-order valence-electron chi connectivity index (χ4n) is 7.89. The van der Waals surface area contributed by atoms with E-state index >= 15 is 0 Å². The molecule has 0 N–H and O–H groups in total. The highest BCUT2D eigenvalue weighted by Crippen LogP contribution is 2.40. The molecule has 6 aromatic carbocycles. The van der Waals surface area contributed by atoms with E-state index in [4.69, 9.17) is 9.97 Å². The van der Waals surface area contributed by atoms with E-state index in [9.17, 15) is 0 Å². The van der Waals surface area contributed by atoms with Gasteiger partial charge in [-0.3, -0.25) is 9.97 Å². The number of nitrogens with zero attached hydrogens (tertiary/aromatic N) is 4. The van der Waals surface area contributed by atoms with Crippen molar-refractivity contribution >= 4 is 75.4 Å². The van der Waals surface area contributed by atoms with E-state index in [1.165, 1.54) is 42.4 Å². The average Bonchev–Trinajstić information content (AvgIpc) is 3.85. The Labute approximate surface area is 297 Å². The molecule has 238 valence electrons. The lowest BCUT2D eigenvalue weighted by Gasteiger charge is -2.11. The number of hydrogen-bond acceptors (Lipinski definition) is 3. The van der Waals surface area contributed by atoms with E-state index in [1.54, 1.807) is 0 Å². The van der Waals surface area contributed by atoms with Crippen LogP contribution in [-0.2, 0) is 0 Å². The number of benzene rings is 6. The second-order valence-electron chi connectivity index (χ2n) is 13.1. The third-order valence-electron chi connectivity index (χ3n) is 10.2. The van der Waals surface area contributed by atoms with Crippen LogP contribution in [0.4, 0.5) is 0 Å². The zero-order valence-corrected chi connectivity index (χ0v) is 28.2. The topological polar surface area (TPSA) is 35.6 Å². The van der Waals surface area contributed by atoms with E-state index in [0.29, 0.717) is 0 Å². The van der Waals surface area contributed by atoms with Gasteiger partial charge < -0.3 is 9.13 Å². The molecular formula is C46H28N4S. The van der Waals surface area contributed by atoms with Crippen LogP contribution < -0.4 is 0 Å². The Hall–Kier alpha value is -6.56. The first-order valence-corrected chi connectivity index (χ1v) is 18.0. The fraction of sp³-hybridized carbons (Fsp3) is 0. The Morgan fingerprint density at radius 1 is 0.353 bits per heavy atom. The van der Waals surface area contributed by atoms with Gasteiger partial charge in [-0.1, -0.05) is 72.8 Å². The van der Waals surface area contributed by atoms with Crippen molar-refractivity contribution in [1.29, 1.82) is 0 Å². The predicted octanol–water partition coefficient (Wildman–Crippen LogP) is 12.4. The highest BCUT2D eigenvalue weighted by molar-refractivity contribution is 7.25. The summed E-state index contributed by atoms with van der Waals surface area (Å²) in [4.78, 5) is 9.85. The van der Waals surface area contributed by atoms with E-state index < -0.39 is 0 Å². The fourth-order valence-corrected chi connectivity index (χ4v) is 8.98. The van der Waals surface area contributed by atoms with Crippen molar-refractivity contribution in [1.82, 2.24) is 19.1 Å². The van der Waals surface area contributed by atoms with Crippen LogP contribution >= 0.6 is 11.3 Å². The lowest BCUT2D eigenvalue weighted by atomic mass is 10.0. The SMILES string of the molecule is c1ccc(-c2cccc(-n3c4ccc(-n5c6ccc(-c7ccc8sc9ccccc9c8c7)cc6c6ncccc65)cc4c4ncccc43)c2)cc1. The minimum atomic E-state index is 0.983. The van der Waals surface area contributed by atoms with Crippen LogP contribution in [0.5, 0.6) is 0 Å². The van der Waals surface area contributed by atoms with Crippen LogP contribution in [-0.4, -0.2) is 19.1 Å². The smallest absolute Gasteiger partial charge is 0.0964 e. The summed E-state index contributed by atoms with van der Waals surface area (Å²) in [5, 5.41) is 4.87. The first-order chi connectivity index (χ1) is 25.3. The number of aromatic nitrogens is 4. The molecule has 0 unspecified atom stereocenters. The largest absolute Gasteiger partial charge is 0.308 e. The quantitative estimate of drug-likeness (QED) is 0.187. The molecule has 0 bridgehead atoms. The molecule has 0 saturated carbocycles. The average molecular weight is 669 g/mol. The second kappa shape index (κ2) is 11.0. The minimum absolute atomic E-state index is 0.983. The number of rotatable bonds is 4. The third-order valence-corrected chi connectivity index (χ3v) is 11.4. The van der Waals surface area contributed by atoms with Gasteiger partial charge in [0.1, 0.15) is 0 Å². The van der Waals surface area contributed by atoms with Crippen molar-refractivity contribution in [3.63, 3.8) is 0 Å². The molecular weight excluding hydrogens is 641 g/mol. The first-order valence-electron chi connectivity index (χ1n) is 17.1. The monoisotopic (exact) mass is 668 g/mol. The predicted molar refractivity (Wildman–Crippen MR) is 214 cm³/mol. The molecule has 0 amide bonds. The normalized spacial score (nSPS) is 11.9. The summed E-state index contributed by atoms with van der Waals surface area (Å²) in [5.41, 5.74) is 13.4. The molecule has 0 radical (unpaired) electrons. The van der Waals surface area contributed by atoms with Crippen LogP contribution in [0, 0.1) is 0 Å². The standard InChI is InChI=1S/C46H28N4S/c1-2-9-29(10-3-1)30-11-6-12-33(25-30)49-40-21-19-34(28-38(40)46-42(49)15-8-24-48-46)50-39-20-17-31(27-37(39)45-41(50)14-7-23-47-45)32-18-22-44-36(26-32)35-13-4-5-16-43(35)51-44/h1-28H. The van der Waals surface area contributed by atoms with Gasteiger partial charge >= 0.3 is 0 Å². The third kappa shape index (κ3) is 4.32. The molecule has 4 nitrogen and oxygen atoms in total. The van der Waals surface area contributed by atoms with Crippen LogP contribution in [0.3, 0.4) is 0 Å². The van der Waals surface area contributed by atoms with Gasteiger partial charge in [0.25, 0.3) is 0 Å². The zero-order valence-electron chi connectivity index (χ0n) is 27.4. The maximum atomic E-state index is 4.93. The van der Waals surface area contributed by atoms with Gasteiger partial charge in [-0.15, -0.1) is 11.3 Å². The van der Waals surface area contributed by atoms with Gasteiger partial charge in [-0.25, -0.2) is 0 Å². The number of hydrogen-bond donors (Lipinski definition) is 0. The number of thiophene rings is 1. The molecule has 5 heterocycles. The number of pyridine rings is 2. The zero-order chi connectivity index (χ0) is 33.5. The molecule has 0 spiro atoms. The molecule has 0 fully saturated rings. The van der Waals surface area contributed by atoms with Gasteiger partial charge in [0.2, 0.25) is 0 Å². The molecule has 5 aromatic heterocycles. The maximum absolute atomic E-state index is 4.93. The second-order valence-corrected chi connectivity index (χ2v) is 14.2. The van der Waals surface area contributed by atoms with Crippen molar-refractivity contribution in [2.45, 2.75) is 0 Å². The van der Waals surface area contributed by atoms with Gasteiger partial charge in [0.15, 0.2) is 0 Å². The van der Waals surface area contributed by atoms with Crippen molar-refractivity contribution < 1.29 is 0 Å². The summed E-state index contributed by atoms with van der Waals surface area (Å²) in [6.45, 7) is 0. The molecule has 11 rings (SSSR count). The highest BCUT2D eigenvalue weighted by Gasteiger charge is 2.18. The Bertz CT molecular complexity index is 3150. The highest BCUT2D eigenvalue weighted by atomic mass is 32.1. The van der Waals surface area contributed by atoms with Crippen molar-refractivity contribution in [3.8, 4) is 33.6 Å². The van der Waals surface area contributed by atoms with Crippen LogP contribution in [0.25, 0.3) is 97.7 Å². The number of fused-ring (bicyclic) bond motifs is 9. The van der Waals surface area contributed by atoms with Crippen molar-refractivity contribution in [3.05, 3.63) is 170 Å². The van der Waals surface area contributed by atoms with E-state index in [1.807, 2.05) is 35.9 Å². The summed E-state index contributed by atoms with van der Waals surface area (Å²) in [6.07, 6.45) is 3.79. The van der Waals surface area contributed by atoms with Gasteiger partial charge in [0.05, 0.1) is 33.1 Å². The van der Waals surface area contributed by atoms with Crippen LogP contribution in [0.2, 0.25) is 0 Å². The minimum Gasteiger partial charge on any atom is -0.308 e. The Morgan fingerprint density at radius 3 is 1.73 bits per heavy atom. The summed E-state index contributed by atoms with van der Waals surface area (Å²) in [7, 11) is 0.